The predicted molar refractivity (Wildman–Crippen MR) is 74.1 cm³/mol. The molecule has 0 fully saturated rings. The van der Waals surface area contributed by atoms with Crippen LogP contribution >= 0.6 is 11.6 Å². The van der Waals surface area contributed by atoms with E-state index in [9.17, 15) is 4.79 Å². The molecule has 1 rings (SSSR count). The summed E-state index contributed by atoms with van der Waals surface area (Å²) in [5.41, 5.74) is 5.99. The lowest BCUT2D eigenvalue weighted by Crippen LogP contribution is -2.23. The van der Waals surface area contributed by atoms with Crippen LogP contribution in [-0.2, 0) is 4.79 Å². The number of carbonyl (C=O) groups excluding carboxylic acids is 1. The molecule has 0 aromatic heterocycles. The van der Waals surface area contributed by atoms with E-state index in [1.54, 1.807) is 19.1 Å². The standard InChI is InChI=1S/C13H13ClN4O/c1-7-3-4-9(5-11(7)19)12(18-8(2)16)10(6-15)13(14)17/h3-5,7,17-18H,2,16H2,1H3. The van der Waals surface area contributed by atoms with Gasteiger partial charge in [0.2, 0.25) is 0 Å². The molecule has 0 radical (unpaired) electrons. The minimum atomic E-state index is -0.438. The van der Waals surface area contributed by atoms with E-state index < -0.39 is 5.17 Å². The molecule has 1 atom stereocenters. The second kappa shape index (κ2) is 6.03. The van der Waals surface area contributed by atoms with Crippen LogP contribution in [0.1, 0.15) is 6.92 Å². The molecule has 0 heterocycles. The van der Waals surface area contributed by atoms with Gasteiger partial charge in [0.15, 0.2) is 5.78 Å². The Morgan fingerprint density at radius 3 is 2.74 bits per heavy atom. The number of nitrogens with zero attached hydrogens (tertiary/aromatic N) is 1. The number of rotatable bonds is 4. The van der Waals surface area contributed by atoms with Gasteiger partial charge < -0.3 is 11.1 Å². The minimum absolute atomic E-state index is 0.0843. The number of nitrogens with two attached hydrogens (primary N) is 1. The van der Waals surface area contributed by atoms with Gasteiger partial charge in [0.05, 0.1) is 11.5 Å². The summed E-state index contributed by atoms with van der Waals surface area (Å²) in [5, 5.41) is 18.6. The van der Waals surface area contributed by atoms with Crippen molar-refractivity contribution >= 4 is 22.6 Å². The summed E-state index contributed by atoms with van der Waals surface area (Å²) in [6.07, 6.45) is 4.76. The first-order valence-corrected chi connectivity index (χ1v) is 5.79. The molecule has 6 heteroatoms. The van der Waals surface area contributed by atoms with Crippen molar-refractivity contribution in [3.05, 3.63) is 47.5 Å². The van der Waals surface area contributed by atoms with Gasteiger partial charge in [0.25, 0.3) is 0 Å². The fourth-order valence-electron chi connectivity index (χ4n) is 1.49. The van der Waals surface area contributed by atoms with Gasteiger partial charge in [-0.3, -0.25) is 10.2 Å². The van der Waals surface area contributed by atoms with E-state index in [-0.39, 0.29) is 28.8 Å². The molecule has 5 nitrogen and oxygen atoms in total. The van der Waals surface area contributed by atoms with E-state index >= 15 is 0 Å². The average molecular weight is 277 g/mol. The molecule has 0 aromatic rings. The summed E-state index contributed by atoms with van der Waals surface area (Å²) < 4.78 is 0. The van der Waals surface area contributed by atoms with Crippen LogP contribution in [0.3, 0.4) is 0 Å². The van der Waals surface area contributed by atoms with Crippen molar-refractivity contribution in [1.82, 2.24) is 5.32 Å². The lowest BCUT2D eigenvalue weighted by atomic mass is 9.94. The fraction of sp³-hybridized carbons (Fsp3) is 0.154. The molecule has 19 heavy (non-hydrogen) atoms. The van der Waals surface area contributed by atoms with Gasteiger partial charge >= 0.3 is 0 Å². The molecular formula is C13H13ClN4O. The zero-order valence-corrected chi connectivity index (χ0v) is 11.1. The molecule has 1 unspecified atom stereocenters. The predicted octanol–water partition coefficient (Wildman–Crippen LogP) is 1.70. The Labute approximate surface area is 116 Å². The van der Waals surface area contributed by atoms with Crippen LogP contribution in [0.15, 0.2) is 47.5 Å². The first kappa shape index (κ1) is 14.7. The SMILES string of the molecule is C=C(N)NC(C1=CC(=O)C(C)C=C1)=C(C#N)C(=N)Cl. The molecule has 0 bridgehead atoms. The number of halogens is 1. The number of hydrogen-bond donors (Lipinski definition) is 3. The first-order valence-electron chi connectivity index (χ1n) is 5.41. The second-order valence-electron chi connectivity index (χ2n) is 3.98. The second-order valence-corrected chi connectivity index (χ2v) is 4.35. The molecule has 4 N–H and O–H groups in total. The normalized spacial score (nSPS) is 19.1. The largest absolute Gasteiger partial charge is 0.386 e. The summed E-state index contributed by atoms with van der Waals surface area (Å²) in [4.78, 5) is 11.7. The quantitative estimate of drug-likeness (QED) is 0.537. The van der Waals surface area contributed by atoms with Crippen molar-refractivity contribution in [3.63, 3.8) is 0 Å². The van der Waals surface area contributed by atoms with Crippen molar-refractivity contribution in [2.75, 3.05) is 0 Å². The Kier molecular flexibility index (Phi) is 4.67. The lowest BCUT2D eigenvalue weighted by molar-refractivity contribution is -0.116. The lowest BCUT2D eigenvalue weighted by Gasteiger charge is -2.17. The highest BCUT2D eigenvalue weighted by Gasteiger charge is 2.19. The topological polar surface area (TPSA) is 103 Å². The number of nitrogens with one attached hydrogen (secondary N) is 2. The average Bonchev–Trinajstić information content (AvgIpc) is 2.31. The van der Waals surface area contributed by atoms with Gasteiger partial charge in [-0.1, -0.05) is 37.3 Å². The van der Waals surface area contributed by atoms with Crippen molar-refractivity contribution < 1.29 is 4.79 Å². The minimum Gasteiger partial charge on any atom is -0.386 e. The van der Waals surface area contributed by atoms with Crippen LogP contribution in [0.4, 0.5) is 0 Å². The van der Waals surface area contributed by atoms with Gasteiger partial charge in [-0.2, -0.15) is 5.26 Å². The molecule has 0 spiro atoms. The Hall–Kier alpha value is -2.32. The molecule has 0 saturated heterocycles. The Bertz CT molecular complexity index is 578. The van der Waals surface area contributed by atoms with E-state index in [1.807, 2.05) is 6.07 Å². The van der Waals surface area contributed by atoms with Crippen LogP contribution in [0.5, 0.6) is 0 Å². The van der Waals surface area contributed by atoms with Crippen molar-refractivity contribution in [1.29, 1.82) is 10.7 Å². The maximum absolute atomic E-state index is 11.7. The number of ketones is 1. The molecular weight excluding hydrogens is 264 g/mol. The van der Waals surface area contributed by atoms with Gasteiger partial charge in [0, 0.05) is 11.5 Å². The molecule has 1 aliphatic rings. The van der Waals surface area contributed by atoms with Crippen molar-refractivity contribution in [2.24, 2.45) is 11.7 Å². The third-order valence-corrected chi connectivity index (χ3v) is 2.66. The molecule has 0 amide bonds. The summed E-state index contributed by atoms with van der Waals surface area (Å²) in [5.74, 6) is -0.231. The third kappa shape index (κ3) is 3.57. The van der Waals surface area contributed by atoms with Crippen LogP contribution in [0.2, 0.25) is 0 Å². The van der Waals surface area contributed by atoms with Crippen LogP contribution in [0.25, 0.3) is 0 Å². The summed E-state index contributed by atoms with van der Waals surface area (Å²) in [6.45, 7) is 5.24. The number of allylic oxidation sites excluding steroid dienone is 4. The molecule has 0 aromatic carbocycles. The van der Waals surface area contributed by atoms with E-state index in [0.717, 1.165) is 0 Å². The number of carbonyl (C=O) groups is 1. The van der Waals surface area contributed by atoms with Crippen LogP contribution < -0.4 is 11.1 Å². The first-order chi connectivity index (χ1) is 8.86. The molecule has 98 valence electrons. The molecule has 0 aliphatic heterocycles. The fourth-order valence-corrected chi connectivity index (χ4v) is 1.62. The van der Waals surface area contributed by atoms with E-state index in [0.29, 0.717) is 5.57 Å². The van der Waals surface area contributed by atoms with Crippen molar-refractivity contribution in [3.8, 4) is 6.07 Å². The van der Waals surface area contributed by atoms with E-state index in [1.165, 1.54) is 6.08 Å². The summed E-state index contributed by atoms with van der Waals surface area (Å²) in [7, 11) is 0. The zero-order chi connectivity index (χ0) is 14.6. The van der Waals surface area contributed by atoms with Gasteiger partial charge in [-0.25, -0.2) is 0 Å². The Morgan fingerprint density at radius 1 is 1.68 bits per heavy atom. The van der Waals surface area contributed by atoms with Gasteiger partial charge in [-0.15, -0.1) is 0 Å². The van der Waals surface area contributed by atoms with Crippen molar-refractivity contribution in [2.45, 2.75) is 6.92 Å². The Balaban J connectivity index is 3.36. The Morgan fingerprint density at radius 2 is 2.32 bits per heavy atom. The zero-order valence-electron chi connectivity index (χ0n) is 10.3. The summed E-state index contributed by atoms with van der Waals surface area (Å²) in [6, 6.07) is 1.81. The highest BCUT2D eigenvalue weighted by atomic mass is 35.5. The van der Waals surface area contributed by atoms with E-state index in [2.05, 4.69) is 11.9 Å². The van der Waals surface area contributed by atoms with Gasteiger partial charge in [0.1, 0.15) is 16.8 Å². The maximum atomic E-state index is 11.7. The van der Waals surface area contributed by atoms with Crippen LogP contribution in [-0.4, -0.2) is 11.0 Å². The summed E-state index contributed by atoms with van der Waals surface area (Å²) >= 11 is 5.56. The highest BCUT2D eigenvalue weighted by Crippen LogP contribution is 2.21. The smallest absolute Gasteiger partial charge is 0.162 e. The van der Waals surface area contributed by atoms with Crippen LogP contribution in [0, 0.1) is 22.7 Å². The number of hydrogen-bond acceptors (Lipinski definition) is 5. The third-order valence-electron chi connectivity index (χ3n) is 2.47. The molecule has 1 aliphatic carbocycles. The van der Waals surface area contributed by atoms with Gasteiger partial charge in [-0.05, 0) is 6.08 Å². The number of nitriles is 1. The monoisotopic (exact) mass is 276 g/mol. The molecule has 0 saturated carbocycles. The van der Waals surface area contributed by atoms with E-state index in [4.69, 9.17) is 28.0 Å². The highest BCUT2D eigenvalue weighted by molar-refractivity contribution is 6.69. The maximum Gasteiger partial charge on any atom is 0.162 e.